The number of ether oxygens (including phenoxy) is 2. The van der Waals surface area contributed by atoms with Crippen LogP contribution in [-0.4, -0.2) is 144 Å². The zero-order valence-corrected chi connectivity index (χ0v) is 36.4. The molecule has 14 nitrogen and oxygen atoms in total. The SMILES string of the molecule is C1CCNCC1.CC(C)(C)OC(=O)N1CCC(C(=O)N2CCCCC2)CC1.CC(C)(C)OC(=O)N1CCC(C(=O)O)CC1.O=C(C1CCNCC1)N1CCCCC1. The second kappa shape index (κ2) is 24.7. The van der Waals surface area contributed by atoms with Gasteiger partial charge in [-0.2, -0.15) is 0 Å². The van der Waals surface area contributed by atoms with Crippen molar-refractivity contribution in [2.75, 3.05) is 78.5 Å². The van der Waals surface area contributed by atoms with Crippen molar-refractivity contribution >= 4 is 30.0 Å². The number of likely N-dealkylation sites (tertiary alicyclic amines) is 4. The molecule has 328 valence electrons. The van der Waals surface area contributed by atoms with Gasteiger partial charge in [0.1, 0.15) is 11.2 Å². The Labute approximate surface area is 343 Å². The average molecular weight is 807 g/mol. The van der Waals surface area contributed by atoms with Gasteiger partial charge in [-0.05, 0) is 158 Å². The number of aliphatic carboxylic acids is 1. The predicted molar refractivity (Wildman–Crippen MR) is 222 cm³/mol. The van der Waals surface area contributed by atoms with E-state index in [9.17, 15) is 24.0 Å². The van der Waals surface area contributed by atoms with E-state index in [4.69, 9.17) is 14.6 Å². The van der Waals surface area contributed by atoms with E-state index in [1.54, 1.807) is 9.80 Å². The molecule has 14 heteroatoms. The number of rotatable bonds is 3. The van der Waals surface area contributed by atoms with Crippen LogP contribution in [0.15, 0.2) is 0 Å². The first kappa shape index (κ1) is 48.2. The highest BCUT2D eigenvalue weighted by molar-refractivity contribution is 5.80. The highest BCUT2D eigenvalue weighted by Crippen LogP contribution is 2.24. The molecule has 6 fully saturated rings. The molecule has 0 aliphatic carbocycles. The van der Waals surface area contributed by atoms with E-state index in [-0.39, 0.29) is 24.0 Å². The molecule has 0 aromatic rings. The minimum absolute atomic E-state index is 0.0850. The maximum absolute atomic E-state index is 12.4. The maximum Gasteiger partial charge on any atom is 0.410 e. The Morgan fingerprint density at radius 2 is 0.772 bits per heavy atom. The topological polar surface area (TPSA) is 161 Å². The van der Waals surface area contributed by atoms with Crippen LogP contribution in [0.2, 0.25) is 0 Å². The lowest BCUT2D eigenvalue weighted by atomic mass is 9.94. The van der Waals surface area contributed by atoms with Crippen LogP contribution in [0.4, 0.5) is 9.59 Å². The van der Waals surface area contributed by atoms with E-state index in [0.717, 1.165) is 77.8 Å². The summed E-state index contributed by atoms with van der Waals surface area (Å²) in [5.74, 6) is 0.0170. The summed E-state index contributed by atoms with van der Waals surface area (Å²) in [5.41, 5.74) is -0.960. The van der Waals surface area contributed by atoms with Crippen molar-refractivity contribution in [3.63, 3.8) is 0 Å². The number of amides is 4. The van der Waals surface area contributed by atoms with Crippen molar-refractivity contribution in [2.45, 2.75) is 149 Å². The van der Waals surface area contributed by atoms with Crippen molar-refractivity contribution in [3.05, 3.63) is 0 Å². The summed E-state index contributed by atoms with van der Waals surface area (Å²) >= 11 is 0. The number of carboxylic acid groups (broad SMARTS) is 1. The second-order valence-electron chi connectivity index (χ2n) is 18.4. The van der Waals surface area contributed by atoms with Crippen LogP contribution in [-0.2, 0) is 23.9 Å². The second-order valence-corrected chi connectivity index (χ2v) is 18.4. The lowest BCUT2D eigenvalue weighted by Crippen LogP contribution is -2.46. The third kappa shape index (κ3) is 19.0. The van der Waals surface area contributed by atoms with Crippen LogP contribution in [0.3, 0.4) is 0 Å². The maximum atomic E-state index is 12.4. The zero-order valence-electron chi connectivity index (χ0n) is 36.4. The van der Waals surface area contributed by atoms with Gasteiger partial charge in [0, 0.05) is 64.2 Å². The van der Waals surface area contributed by atoms with Crippen molar-refractivity contribution in [3.8, 4) is 0 Å². The molecule has 3 N–H and O–H groups in total. The fourth-order valence-electron chi connectivity index (χ4n) is 7.89. The number of carbonyl (C=O) groups is 5. The van der Waals surface area contributed by atoms with Gasteiger partial charge in [-0.1, -0.05) is 6.42 Å². The normalized spacial score (nSPS) is 21.6. The summed E-state index contributed by atoms with van der Waals surface area (Å²) in [6.45, 7) is 21.6. The summed E-state index contributed by atoms with van der Waals surface area (Å²) < 4.78 is 10.6. The van der Waals surface area contributed by atoms with Crippen LogP contribution in [0, 0.1) is 17.8 Å². The monoisotopic (exact) mass is 807 g/mol. The van der Waals surface area contributed by atoms with Crippen LogP contribution >= 0.6 is 0 Å². The first-order chi connectivity index (χ1) is 27.0. The Balaban J connectivity index is 0.000000217. The van der Waals surface area contributed by atoms with E-state index in [0.29, 0.717) is 56.8 Å². The van der Waals surface area contributed by atoms with Crippen LogP contribution in [0.25, 0.3) is 0 Å². The van der Waals surface area contributed by atoms with Gasteiger partial charge in [-0.3, -0.25) is 14.4 Å². The largest absolute Gasteiger partial charge is 0.481 e. The third-order valence-electron chi connectivity index (χ3n) is 11.2. The number of piperidine rings is 6. The predicted octanol–water partition coefficient (Wildman–Crippen LogP) is 6.12. The fraction of sp³-hybridized carbons (Fsp3) is 0.884. The van der Waals surface area contributed by atoms with Crippen LogP contribution < -0.4 is 10.6 Å². The first-order valence-corrected chi connectivity index (χ1v) is 22.2. The van der Waals surface area contributed by atoms with E-state index in [2.05, 4.69) is 15.5 Å². The Hall–Kier alpha value is -3.13. The summed E-state index contributed by atoms with van der Waals surface area (Å²) in [6.07, 6.45) is 15.4. The lowest BCUT2D eigenvalue weighted by Gasteiger charge is -2.36. The number of carbonyl (C=O) groups excluding carboxylic acids is 4. The lowest BCUT2D eigenvalue weighted by molar-refractivity contribution is -0.143. The number of nitrogens with zero attached hydrogens (tertiary/aromatic N) is 4. The smallest absolute Gasteiger partial charge is 0.410 e. The Morgan fingerprint density at radius 3 is 1.09 bits per heavy atom. The van der Waals surface area contributed by atoms with Gasteiger partial charge < -0.3 is 44.8 Å². The summed E-state index contributed by atoms with van der Waals surface area (Å²) in [7, 11) is 0. The molecular formula is C43H78N6O8. The zero-order chi connectivity index (χ0) is 41.8. The summed E-state index contributed by atoms with van der Waals surface area (Å²) in [6, 6.07) is 0. The van der Waals surface area contributed by atoms with E-state index >= 15 is 0 Å². The molecule has 4 amide bonds. The first-order valence-electron chi connectivity index (χ1n) is 22.2. The molecule has 0 unspecified atom stereocenters. The van der Waals surface area contributed by atoms with Crippen molar-refractivity contribution < 1.29 is 38.6 Å². The van der Waals surface area contributed by atoms with Crippen molar-refractivity contribution in [1.82, 2.24) is 30.2 Å². The molecule has 57 heavy (non-hydrogen) atoms. The molecule has 0 radical (unpaired) electrons. The number of hydrogen-bond acceptors (Lipinski definition) is 9. The van der Waals surface area contributed by atoms with Gasteiger partial charge in [-0.15, -0.1) is 0 Å². The minimum Gasteiger partial charge on any atom is -0.481 e. The Morgan fingerprint density at radius 1 is 0.439 bits per heavy atom. The quantitative estimate of drug-likeness (QED) is 0.303. The highest BCUT2D eigenvalue weighted by Gasteiger charge is 2.33. The molecule has 0 aromatic heterocycles. The van der Waals surface area contributed by atoms with Gasteiger partial charge in [0.2, 0.25) is 11.8 Å². The van der Waals surface area contributed by atoms with Crippen molar-refractivity contribution in [1.29, 1.82) is 0 Å². The Kier molecular flexibility index (Phi) is 20.9. The molecular weight excluding hydrogens is 729 g/mol. The minimum atomic E-state index is -0.774. The van der Waals surface area contributed by atoms with E-state index in [1.165, 1.54) is 58.0 Å². The number of nitrogens with one attached hydrogen (secondary N) is 2. The van der Waals surface area contributed by atoms with Crippen molar-refractivity contribution in [2.24, 2.45) is 17.8 Å². The fourth-order valence-corrected chi connectivity index (χ4v) is 7.89. The van der Waals surface area contributed by atoms with Gasteiger partial charge >= 0.3 is 18.2 Å². The molecule has 6 saturated heterocycles. The molecule has 0 atom stereocenters. The van der Waals surface area contributed by atoms with E-state index < -0.39 is 17.2 Å². The van der Waals surface area contributed by atoms with Crippen LogP contribution in [0.5, 0.6) is 0 Å². The number of hydrogen-bond donors (Lipinski definition) is 3. The Bertz CT molecular complexity index is 1180. The third-order valence-corrected chi connectivity index (χ3v) is 11.2. The molecule has 0 saturated carbocycles. The number of carboxylic acids is 1. The molecule has 0 bridgehead atoms. The standard InChI is InChI=1S/C16H28N2O3.C11H20N2O.C11H19NO4.C5H11N/c1-16(2,3)21-15(20)18-11-7-13(8-12-18)14(19)17-9-5-4-6-10-17;14-11(10-4-6-12-7-5-10)13-8-2-1-3-9-13;1-11(2,3)16-10(15)12-6-4-8(5-7-12)9(13)14;1-2-4-6-5-3-1/h13H,4-12H2,1-3H3;10,12H,1-9H2;8H,4-7H2,1-3H3,(H,13,14);6H,1-5H2. The highest BCUT2D eigenvalue weighted by atomic mass is 16.6. The molecule has 6 heterocycles. The van der Waals surface area contributed by atoms with Gasteiger partial charge in [0.25, 0.3) is 0 Å². The molecule has 6 aliphatic rings. The summed E-state index contributed by atoms with van der Waals surface area (Å²) in [5, 5.41) is 15.4. The average Bonchev–Trinajstić information content (AvgIpc) is 3.21. The molecule has 0 spiro atoms. The van der Waals surface area contributed by atoms with Crippen LogP contribution in [0.1, 0.15) is 138 Å². The van der Waals surface area contributed by atoms with Gasteiger partial charge in [0.15, 0.2) is 0 Å². The van der Waals surface area contributed by atoms with Gasteiger partial charge in [-0.25, -0.2) is 9.59 Å². The van der Waals surface area contributed by atoms with E-state index in [1.807, 2.05) is 46.4 Å². The summed E-state index contributed by atoms with van der Waals surface area (Å²) in [4.78, 5) is 66.3. The molecule has 0 aromatic carbocycles. The molecule has 6 aliphatic heterocycles. The molecule has 6 rings (SSSR count). The van der Waals surface area contributed by atoms with Gasteiger partial charge in [0.05, 0.1) is 5.92 Å².